The number of para-hydroxylation sites is 2. The first-order chi connectivity index (χ1) is 13.5. The molecule has 2 aromatic heterocycles. The van der Waals surface area contributed by atoms with Crippen LogP contribution in [0.15, 0.2) is 47.3 Å². The number of nitrogens with one attached hydrogen (secondary N) is 1. The lowest BCUT2D eigenvalue weighted by atomic mass is 10.2. The summed E-state index contributed by atoms with van der Waals surface area (Å²) in [6, 6.07) is 12.7. The van der Waals surface area contributed by atoms with E-state index in [0.717, 1.165) is 27.9 Å². The number of aryl methyl sites for hydroxylation is 3. The molecule has 0 unspecified atom stereocenters. The molecule has 0 radical (unpaired) electrons. The van der Waals surface area contributed by atoms with E-state index in [1.165, 1.54) is 0 Å². The summed E-state index contributed by atoms with van der Waals surface area (Å²) in [7, 11) is 0. The molecule has 0 bridgehead atoms. The summed E-state index contributed by atoms with van der Waals surface area (Å²) in [6.07, 6.45) is 0.541. The number of H-pyrrole nitrogens is 1. The van der Waals surface area contributed by atoms with Crippen molar-refractivity contribution in [1.29, 1.82) is 0 Å². The fraction of sp³-hybridized carbons (Fsp3) is 0.238. The SMILES string of the molecule is Cc1nc2ccc(C(=O)OCCCn3c(=O)[nH]c4ccccc43)cc2nc1C. The van der Waals surface area contributed by atoms with Gasteiger partial charge in [0.25, 0.3) is 0 Å². The third kappa shape index (κ3) is 3.38. The lowest BCUT2D eigenvalue weighted by Crippen LogP contribution is -2.18. The summed E-state index contributed by atoms with van der Waals surface area (Å²) in [5.41, 5.74) is 5.05. The van der Waals surface area contributed by atoms with Gasteiger partial charge in [0, 0.05) is 6.54 Å². The molecule has 0 fully saturated rings. The van der Waals surface area contributed by atoms with E-state index in [-0.39, 0.29) is 12.3 Å². The quantitative estimate of drug-likeness (QED) is 0.427. The Labute approximate surface area is 161 Å². The van der Waals surface area contributed by atoms with Crippen LogP contribution in [0.3, 0.4) is 0 Å². The number of fused-ring (bicyclic) bond motifs is 2. The van der Waals surface area contributed by atoms with E-state index in [9.17, 15) is 9.59 Å². The molecular weight excluding hydrogens is 356 g/mol. The summed E-state index contributed by atoms with van der Waals surface area (Å²) in [6.45, 7) is 4.49. The number of esters is 1. The van der Waals surface area contributed by atoms with Crippen LogP contribution < -0.4 is 5.69 Å². The van der Waals surface area contributed by atoms with Crippen LogP contribution in [-0.4, -0.2) is 32.1 Å². The molecule has 0 amide bonds. The van der Waals surface area contributed by atoms with Crippen molar-refractivity contribution in [2.24, 2.45) is 0 Å². The maximum absolute atomic E-state index is 12.3. The highest BCUT2D eigenvalue weighted by atomic mass is 16.5. The number of aromatic nitrogens is 4. The van der Waals surface area contributed by atoms with E-state index in [0.29, 0.717) is 24.0 Å². The molecule has 0 aliphatic heterocycles. The highest BCUT2D eigenvalue weighted by molar-refractivity contribution is 5.93. The molecule has 2 aromatic carbocycles. The predicted octanol–water partition coefficient (Wildman–Crippen LogP) is 3.14. The Morgan fingerprint density at radius 2 is 1.82 bits per heavy atom. The fourth-order valence-electron chi connectivity index (χ4n) is 3.16. The van der Waals surface area contributed by atoms with Crippen LogP contribution in [-0.2, 0) is 11.3 Å². The molecule has 4 aromatic rings. The number of carbonyl (C=O) groups is 1. The van der Waals surface area contributed by atoms with E-state index >= 15 is 0 Å². The molecule has 1 N–H and O–H groups in total. The number of hydrogen-bond acceptors (Lipinski definition) is 5. The van der Waals surface area contributed by atoms with E-state index in [1.807, 2.05) is 38.1 Å². The van der Waals surface area contributed by atoms with Gasteiger partial charge in [-0.05, 0) is 50.6 Å². The zero-order valence-electron chi connectivity index (χ0n) is 15.7. The number of rotatable bonds is 5. The number of benzene rings is 2. The maximum Gasteiger partial charge on any atom is 0.338 e. The Kier molecular flexibility index (Phi) is 4.65. The second-order valence-corrected chi connectivity index (χ2v) is 6.69. The zero-order chi connectivity index (χ0) is 19.7. The van der Waals surface area contributed by atoms with Gasteiger partial charge in [-0.2, -0.15) is 0 Å². The van der Waals surface area contributed by atoms with Gasteiger partial charge >= 0.3 is 11.7 Å². The number of aromatic amines is 1. The van der Waals surface area contributed by atoms with Crippen LogP contribution >= 0.6 is 0 Å². The number of hydrogen-bond donors (Lipinski definition) is 1. The van der Waals surface area contributed by atoms with Crippen LogP contribution in [0.25, 0.3) is 22.1 Å². The first-order valence-corrected chi connectivity index (χ1v) is 9.12. The van der Waals surface area contributed by atoms with Crippen molar-refractivity contribution in [3.8, 4) is 0 Å². The Morgan fingerprint density at radius 1 is 1.07 bits per heavy atom. The molecule has 2 heterocycles. The van der Waals surface area contributed by atoms with Gasteiger partial charge in [0.2, 0.25) is 0 Å². The Hall–Kier alpha value is -3.48. The number of imidazole rings is 1. The van der Waals surface area contributed by atoms with Gasteiger partial charge in [-0.3, -0.25) is 4.57 Å². The topological polar surface area (TPSA) is 89.9 Å². The van der Waals surface area contributed by atoms with Gasteiger partial charge in [0.05, 0.1) is 45.6 Å². The second kappa shape index (κ2) is 7.26. The van der Waals surface area contributed by atoms with Gasteiger partial charge < -0.3 is 9.72 Å². The molecule has 7 heteroatoms. The second-order valence-electron chi connectivity index (χ2n) is 6.69. The molecule has 0 saturated carbocycles. The zero-order valence-corrected chi connectivity index (χ0v) is 15.7. The van der Waals surface area contributed by atoms with Crippen molar-refractivity contribution >= 4 is 28.0 Å². The van der Waals surface area contributed by atoms with Crippen LogP contribution in [0, 0.1) is 13.8 Å². The molecule has 0 atom stereocenters. The van der Waals surface area contributed by atoms with Crippen LogP contribution in [0.4, 0.5) is 0 Å². The van der Waals surface area contributed by atoms with Gasteiger partial charge in [0.1, 0.15) is 0 Å². The molecule has 0 spiro atoms. The van der Waals surface area contributed by atoms with Crippen molar-refractivity contribution in [3.05, 3.63) is 69.9 Å². The summed E-state index contributed by atoms with van der Waals surface area (Å²) in [4.78, 5) is 36.1. The lowest BCUT2D eigenvalue weighted by molar-refractivity contribution is 0.0496. The number of carbonyl (C=O) groups excluding carboxylic acids is 1. The standard InChI is InChI=1S/C21H20N4O3/c1-13-14(2)23-18-12-15(8-9-16(18)22-13)20(26)28-11-5-10-25-19-7-4-3-6-17(19)24-21(25)27/h3-4,6-9,12H,5,10-11H2,1-2H3,(H,24,27). The molecule has 7 nitrogen and oxygen atoms in total. The van der Waals surface area contributed by atoms with Crippen molar-refractivity contribution in [2.45, 2.75) is 26.8 Å². The van der Waals surface area contributed by atoms with Gasteiger partial charge in [-0.1, -0.05) is 12.1 Å². The van der Waals surface area contributed by atoms with Gasteiger partial charge in [0.15, 0.2) is 0 Å². The monoisotopic (exact) mass is 376 g/mol. The van der Waals surface area contributed by atoms with Crippen LogP contribution in [0.2, 0.25) is 0 Å². The normalized spacial score (nSPS) is 11.2. The largest absolute Gasteiger partial charge is 0.462 e. The smallest absolute Gasteiger partial charge is 0.338 e. The number of nitrogens with zero attached hydrogens (tertiary/aromatic N) is 3. The minimum absolute atomic E-state index is 0.161. The van der Waals surface area contributed by atoms with E-state index in [4.69, 9.17) is 4.74 Å². The molecule has 0 saturated heterocycles. The molecule has 28 heavy (non-hydrogen) atoms. The Bertz CT molecular complexity index is 1240. The average Bonchev–Trinajstić information content (AvgIpc) is 3.01. The van der Waals surface area contributed by atoms with Crippen LogP contribution in [0.5, 0.6) is 0 Å². The third-order valence-electron chi connectivity index (χ3n) is 4.75. The molecule has 142 valence electrons. The molecular formula is C21H20N4O3. The highest BCUT2D eigenvalue weighted by Crippen LogP contribution is 2.15. The minimum atomic E-state index is -0.409. The van der Waals surface area contributed by atoms with Gasteiger partial charge in [-0.25, -0.2) is 19.6 Å². The Morgan fingerprint density at radius 3 is 2.64 bits per heavy atom. The summed E-state index contributed by atoms with van der Waals surface area (Å²) < 4.78 is 7.02. The van der Waals surface area contributed by atoms with E-state index < -0.39 is 5.97 Å². The molecule has 0 aliphatic carbocycles. The maximum atomic E-state index is 12.3. The van der Waals surface area contributed by atoms with E-state index in [2.05, 4.69) is 15.0 Å². The first kappa shape index (κ1) is 17.9. The van der Waals surface area contributed by atoms with Crippen LogP contribution in [0.1, 0.15) is 28.2 Å². The number of ether oxygens (including phenoxy) is 1. The summed E-state index contributed by atoms with van der Waals surface area (Å²) in [5.74, 6) is -0.409. The first-order valence-electron chi connectivity index (χ1n) is 9.12. The lowest BCUT2D eigenvalue weighted by Gasteiger charge is -2.07. The van der Waals surface area contributed by atoms with Crippen molar-refractivity contribution in [3.63, 3.8) is 0 Å². The summed E-state index contributed by atoms with van der Waals surface area (Å²) in [5, 5.41) is 0. The fourth-order valence-corrected chi connectivity index (χ4v) is 3.16. The van der Waals surface area contributed by atoms with E-state index in [1.54, 1.807) is 22.8 Å². The minimum Gasteiger partial charge on any atom is -0.462 e. The highest BCUT2D eigenvalue weighted by Gasteiger charge is 2.11. The third-order valence-corrected chi connectivity index (χ3v) is 4.75. The molecule has 0 aliphatic rings. The van der Waals surface area contributed by atoms with Gasteiger partial charge in [-0.15, -0.1) is 0 Å². The Balaban J connectivity index is 1.40. The predicted molar refractivity (Wildman–Crippen MR) is 106 cm³/mol. The average molecular weight is 376 g/mol. The van der Waals surface area contributed by atoms with Crippen molar-refractivity contribution in [2.75, 3.05) is 6.61 Å². The van der Waals surface area contributed by atoms with Crippen molar-refractivity contribution in [1.82, 2.24) is 19.5 Å². The molecule has 4 rings (SSSR count). The van der Waals surface area contributed by atoms with Crippen molar-refractivity contribution < 1.29 is 9.53 Å². The summed E-state index contributed by atoms with van der Waals surface area (Å²) >= 11 is 0.